The average Bonchev–Trinajstić information content (AvgIpc) is 2.70. The van der Waals surface area contributed by atoms with Crippen LogP contribution in [-0.4, -0.2) is 24.0 Å². The molecule has 0 spiro atoms. The molecule has 7 heteroatoms. The summed E-state index contributed by atoms with van der Waals surface area (Å²) < 4.78 is 6.16. The lowest BCUT2D eigenvalue weighted by Crippen LogP contribution is -2.32. The van der Waals surface area contributed by atoms with Gasteiger partial charge in [0.2, 0.25) is 5.91 Å². The summed E-state index contributed by atoms with van der Waals surface area (Å²) in [6.45, 7) is 1.63. The number of hydrogen-bond donors (Lipinski definition) is 2. The first-order valence-corrected chi connectivity index (χ1v) is 5.93. The molecule has 18 heavy (non-hydrogen) atoms. The van der Waals surface area contributed by atoms with Gasteiger partial charge in [0, 0.05) is 0 Å². The van der Waals surface area contributed by atoms with Gasteiger partial charge in [-0.3, -0.25) is 4.79 Å². The van der Waals surface area contributed by atoms with Crippen LogP contribution >= 0.6 is 23.7 Å². The summed E-state index contributed by atoms with van der Waals surface area (Å²) in [5, 5.41) is 3.20. The molecule has 3 N–H and O–H groups in total. The molecule has 0 saturated carbocycles. The fourth-order valence-electron chi connectivity index (χ4n) is 1.36. The van der Waals surface area contributed by atoms with Gasteiger partial charge in [-0.25, -0.2) is 4.98 Å². The van der Waals surface area contributed by atoms with E-state index in [-0.39, 0.29) is 18.3 Å². The fraction of sp³-hybridized carbons (Fsp3) is 0.273. The minimum absolute atomic E-state index is 0. The van der Waals surface area contributed by atoms with Crippen LogP contribution in [0.25, 0.3) is 10.2 Å². The van der Waals surface area contributed by atoms with E-state index in [0.717, 1.165) is 10.2 Å². The number of carbonyl (C=O) groups excluding carboxylic acids is 1. The van der Waals surface area contributed by atoms with Crippen molar-refractivity contribution >= 4 is 45.0 Å². The number of methoxy groups -OCH3 is 1. The lowest BCUT2D eigenvalue weighted by molar-refractivity contribution is -0.117. The van der Waals surface area contributed by atoms with Crippen molar-refractivity contribution in [2.45, 2.75) is 13.0 Å². The Morgan fingerprint density at radius 3 is 2.89 bits per heavy atom. The summed E-state index contributed by atoms with van der Waals surface area (Å²) in [4.78, 5) is 15.8. The number of carbonyl (C=O) groups is 1. The molecule has 1 heterocycles. The number of aromatic nitrogens is 1. The van der Waals surface area contributed by atoms with E-state index in [1.165, 1.54) is 11.3 Å². The SMILES string of the molecule is COc1cccc2sc(NC(=O)[C@H](C)N)nc12.Cl. The number of anilines is 1. The second-order valence-corrected chi connectivity index (χ2v) is 4.63. The second-order valence-electron chi connectivity index (χ2n) is 3.60. The largest absolute Gasteiger partial charge is 0.494 e. The van der Waals surface area contributed by atoms with Crippen molar-refractivity contribution in [3.05, 3.63) is 18.2 Å². The molecule has 0 radical (unpaired) electrons. The Bertz CT molecular complexity index is 556. The van der Waals surface area contributed by atoms with E-state index >= 15 is 0 Å². The highest BCUT2D eigenvalue weighted by molar-refractivity contribution is 7.22. The van der Waals surface area contributed by atoms with E-state index < -0.39 is 6.04 Å². The van der Waals surface area contributed by atoms with Gasteiger partial charge in [0.05, 0.1) is 17.9 Å². The zero-order chi connectivity index (χ0) is 12.4. The van der Waals surface area contributed by atoms with Crippen LogP contribution in [0, 0.1) is 0 Å². The van der Waals surface area contributed by atoms with Crippen molar-refractivity contribution in [2.24, 2.45) is 5.73 Å². The summed E-state index contributed by atoms with van der Waals surface area (Å²) in [6, 6.07) is 5.09. The molecule has 1 amide bonds. The first kappa shape index (κ1) is 14.7. The molecular formula is C11H14ClN3O2S. The smallest absolute Gasteiger partial charge is 0.242 e. The van der Waals surface area contributed by atoms with Gasteiger partial charge in [-0.05, 0) is 19.1 Å². The molecule has 2 rings (SSSR count). The van der Waals surface area contributed by atoms with E-state index in [1.807, 2.05) is 18.2 Å². The van der Waals surface area contributed by atoms with Crippen molar-refractivity contribution in [3.63, 3.8) is 0 Å². The maximum atomic E-state index is 11.4. The van der Waals surface area contributed by atoms with Gasteiger partial charge < -0.3 is 15.8 Å². The van der Waals surface area contributed by atoms with Crippen LogP contribution in [0.5, 0.6) is 5.75 Å². The van der Waals surface area contributed by atoms with Gasteiger partial charge in [-0.2, -0.15) is 0 Å². The fourth-order valence-corrected chi connectivity index (χ4v) is 2.25. The number of benzene rings is 1. The molecule has 0 bridgehead atoms. The summed E-state index contributed by atoms with van der Waals surface area (Å²) in [5.74, 6) is 0.447. The van der Waals surface area contributed by atoms with Gasteiger partial charge in [0.15, 0.2) is 5.13 Å². The molecule has 0 aliphatic carbocycles. The average molecular weight is 288 g/mol. The first-order chi connectivity index (χ1) is 8.11. The van der Waals surface area contributed by atoms with Gasteiger partial charge in [-0.15, -0.1) is 12.4 Å². The molecule has 2 aromatic rings. The predicted molar refractivity (Wildman–Crippen MR) is 75.7 cm³/mol. The van der Waals surface area contributed by atoms with Gasteiger partial charge in [0.1, 0.15) is 11.3 Å². The quantitative estimate of drug-likeness (QED) is 0.905. The second kappa shape index (κ2) is 5.99. The van der Waals surface area contributed by atoms with E-state index in [9.17, 15) is 4.79 Å². The molecule has 0 saturated heterocycles. The van der Waals surface area contributed by atoms with Crippen LogP contribution in [0.4, 0.5) is 5.13 Å². The van der Waals surface area contributed by atoms with Gasteiger partial charge >= 0.3 is 0 Å². The molecule has 98 valence electrons. The molecular weight excluding hydrogens is 274 g/mol. The van der Waals surface area contributed by atoms with E-state index in [4.69, 9.17) is 10.5 Å². The topological polar surface area (TPSA) is 77.2 Å². The number of fused-ring (bicyclic) bond motifs is 1. The van der Waals surface area contributed by atoms with Crippen LogP contribution in [0.15, 0.2) is 18.2 Å². The monoisotopic (exact) mass is 287 g/mol. The highest BCUT2D eigenvalue weighted by Crippen LogP contribution is 2.31. The number of halogens is 1. The van der Waals surface area contributed by atoms with E-state index in [1.54, 1.807) is 14.0 Å². The summed E-state index contributed by atoms with van der Waals surface area (Å²) in [5.41, 5.74) is 6.22. The van der Waals surface area contributed by atoms with Crippen LogP contribution in [0.1, 0.15) is 6.92 Å². The number of nitrogens with zero attached hydrogens (tertiary/aromatic N) is 1. The Morgan fingerprint density at radius 1 is 1.56 bits per heavy atom. The molecule has 0 aliphatic heterocycles. The minimum Gasteiger partial charge on any atom is -0.494 e. The third-order valence-electron chi connectivity index (χ3n) is 2.25. The van der Waals surface area contributed by atoms with Gasteiger partial charge in [0.25, 0.3) is 0 Å². The molecule has 5 nitrogen and oxygen atoms in total. The lowest BCUT2D eigenvalue weighted by Gasteiger charge is -2.03. The summed E-state index contributed by atoms with van der Waals surface area (Å²) in [7, 11) is 1.59. The number of ether oxygens (including phenoxy) is 1. The number of nitrogens with one attached hydrogen (secondary N) is 1. The maximum Gasteiger partial charge on any atom is 0.242 e. The maximum absolute atomic E-state index is 11.4. The Kier molecular flexibility index (Phi) is 4.89. The van der Waals surface area contributed by atoms with Crippen LogP contribution in [0.3, 0.4) is 0 Å². The number of nitrogens with two attached hydrogens (primary N) is 1. The normalized spacial score (nSPS) is 11.7. The van der Waals surface area contributed by atoms with Crippen LogP contribution in [0.2, 0.25) is 0 Å². The zero-order valence-corrected chi connectivity index (χ0v) is 11.6. The Balaban J connectivity index is 0.00000162. The molecule has 1 atom stereocenters. The highest BCUT2D eigenvalue weighted by Gasteiger charge is 2.12. The first-order valence-electron chi connectivity index (χ1n) is 5.12. The van der Waals surface area contributed by atoms with E-state index in [0.29, 0.717) is 10.9 Å². The highest BCUT2D eigenvalue weighted by atomic mass is 35.5. The van der Waals surface area contributed by atoms with Crippen LogP contribution in [-0.2, 0) is 4.79 Å². The van der Waals surface area contributed by atoms with Crippen molar-refractivity contribution in [3.8, 4) is 5.75 Å². The minimum atomic E-state index is -0.552. The van der Waals surface area contributed by atoms with Crippen molar-refractivity contribution < 1.29 is 9.53 Å². The summed E-state index contributed by atoms with van der Waals surface area (Å²) in [6.07, 6.45) is 0. The predicted octanol–water partition coefficient (Wildman–Crippen LogP) is 2.01. The van der Waals surface area contributed by atoms with Crippen LogP contribution < -0.4 is 15.8 Å². The number of rotatable bonds is 3. The Hall–Kier alpha value is -1.37. The number of para-hydroxylation sites is 1. The third kappa shape index (κ3) is 2.90. The lowest BCUT2D eigenvalue weighted by atomic mass is 10.3. The van der Waals surface area contributed by atoms with Crippen molar-refractivity contribution in [2.75, 3.05) is 12.4 Å². The molecule has 0 unspecified atom stereocenters. The number of thiazole rings is 1. The van der Waals surface area contributed by atoms with Crippen molar-refractivity contribution in [1.82, 2.24) is 4.98 Å². The standard InChI is InChI=1S/C11H13N3O2S.ClH/c1-6(12)10(15)14-11-13-9-7(16-2)4-3-5-8(9)17-11;/h3-6H,12H2,1-2H3,(H,13,14,15);1H/t6-;/m0./s1. The third-order valence-corrected chi connectivity index (χ3v) is 3.18. The molecule has 0 aliphatic rings. The van der Waals surface area contributed by atoms with E-state index in [2.05, 4.69) is 10.3 Å². The Morgan fingerprint density at radius 2 is 2.28 bits per heavy atom. The molecule has 0 fully saturated rings. The molecule has 1 aromatic heterocycles. The van der Waals surface area contributed by atoms with Gasteiger partial charge in [-0.1, -0.05) is 17.4 Å². The Labute approximate surface area is 115 Å². The number of amides is 1. The summed E-state index contributed by atoms with van der Waals surface area (Å²) >= 11 is 1.39. The van der Waals surface area contributed by atoms with Crippen molar-refractivity contribution in [1.29, 1.82) is 0 Å². The molecule has 1 aromatic carbocycles. The zero-order valence-electron chi connectivity index (χ0n) is 9.97. The number of hydrogen-bond acceptors (Lipinski definition) is 5.